The van der Waals surface area contributed by atoms with Crippen LogP contribution in [-0.4, -0.2) is 35.9 Å². The molecule has 0 aliphatic carbocycles. The summed E-state index contributed by atoms with van der Waals surface area (Å²) in [6.07, 6.45) is 2.29. The molecule has 7 nitrogen and oxygen atoms in total. The molecule has 0 saturated heterocycles. The lowest BCUT2D eigenvalue weighted by Gasteiger charge is -2.19. The number of carbonyl (C=O) groups excluding carboxylic acids is 2. The summed E-state index contributed by atoms with van der Waals surface area (Å²) in [6.45, 7) is 0.767. The number of anilines is 1. The second kappa shape index (κ2) is 12.4. The lowest BCUT2D eigenvalue weighted by Crippen LogP contribution is -2.50. The number of hydrogen-bond acceptors (Lipinski definition) is 5. The number of benzene rings is 2. The minimum Gasteiger partial charge on any atom is -0.384 e. The molecule has 3 rings (SSSR count). The molecule has 1 heterocycles. The van der Waals surface area contributed by atoms with Crippen molar-refractivity contribution >= 4 is 17.6 Å². The van der Waals surface area contributed by atoms with Gasteiger partial charge in [-0.3, -0.25) is 9.59 Å². The number of pyridine rings is 1. The average molecular weight is 468 g/mol. The number of rotatable bonds is 11. The van der Waals surface area contributed by atoms with Crippen molar-refractivity contribution in [3.63, 3.8) is 0 Å². The minimum absolute atomic E-state index is 0.00121. The van der Waals surface area contributed by atoms with Gasteiger partial charge in [0, 0.05) is 19.2 Å². The monoisotopic (exact) mass is 467 g/mol. The first kappa shape index (κ1) is 24.8. The Morgan fingerprint density at radius 1 is 0.941 bits per heavy atom. The van der Waals surface area contributed by atoms with E-state index in [0.717, 1.165) is 29.7 Å². The number of nitrogens with two attached hydrogens (primary N) is 1. The van der Waals surface area contributed by atoms with Gasteiger partial charge in [0.25, 0.3) is 0 Å². The van der Waals surface area contributed by atoms with E-state index in [0.29, 0.717) is 17.9 Å². The molecule has 178 valence electrons. The molecule has 5 N–H and O–H groups in total. The van der Waals surface area contributed by atoms with Gasteiger partial charge in [-0.15, -0.1) is 0 Å². The molecular weight excluding hydrogens is 440 g/mol. The summed E-state index contributed by atoms with van der Waals surface area (Å²) in [5.41, 5.74) is 7.82. The molecule has 9 heteroatoms. The molecule has 1 unspecified atom stereocenters. The number of amides is 2. The zero-order chi connectivity index (χ0) is 24.3. The molecule has 0 radical (unpaired) electrons. The van der Waals surface area contributed by atoms with E-state index >= 15 is 0 Å². The van der Waals surface area contributed by atoms with E-state index in [9.17, 15) is 18.4 Å². The van der Waals surface area contributed by atoms with Crippen molar-refractivity contribution in [2.24, 2.45) is 0 Å². The van der Waals surface area contributed by atoms with Crippen molar-refractivity contribution in [1.82, 2.24) is 20.9 Å². The predicted octanol–water partition coefficient (Wildman–Crippen LogP) is 2.12. The molecule has 0 saturated carbocycles. The van der Waals surface area contributed by atoms with Crippen molar-refractivity contribution in [3.05, 3.63) is 95.2 Å². The van der Waals surface area contributed by atoms with Crippen molar-refractivity contribution in [3.8, 4) is 0 Å². The van der Waals surface area contributed by atoms with Crippen molar-refractivity contribution in [2.75, 3.05) is 18.8 Å². The summed E-state index contributed by atoms with van der Waals surface area (Å²) in [4.78, 5) is 29.3. The highest BCUT2D eigenvalue weighted by molar-refractivity contribution is 5.88. The summed E-state index contributed by atoms with van der Waals surface area (Å²) in [5.74, 6) is -2.48. The molecule has 0 aliphatic rings. The minimum atomic E-state index is -1.02. The fourth-order valence-corrected chi connectivity index (χ4v) is 3.29. The van der Waals surface area contributed by atoms with Crippen LogP contribution in [0.2, 0.25) is 0 Å². The summed E-state index contributed by atoms with van der Waals surface area (Å²) >= 11 is 0. The van der Waals surface area contributed by atoms with E-state index in [2.05, 4.69) is 20.9 Å². The normalized spacial score (nSPS) is 11.6. The van der Waals surface area contributed by atoms with Crippen molar-refractivity contribution in [1.29, 1.82) is 0 Å². The Balaban J connectivity index is 1.57. The Bertz CT molecular complexity index is 1090. The van der Waals surface area contributed by atoms with E-state index in [1.807, 2.05) is 30.3 Å². The molecule has 3 aromatic rings. The molecular formula is C25H27F2N5O2. The molecule has 2 aromatic carbocycles. The molecule has 1 atom stereocenters. The Morgan fingerprint density at radius 3 is 2.41 bits per heavy atom. The fraction of sp³-hybridized carbons (Fsp3) is 0.240. The highest BCUT2D eigenvalue weighted by atomic mass is 19.2. The first-order chi connectivity index (χ1) is 16.4. The van der Waals surface area contributed by atoms with Crippen LogP contribution in [0.15, 0.2) is 66.9 Å². The predicted molar refractivity (Wildman–Crippen MR) is 126 cm³/mol. The maximum Gasteiger partial charge on any atom is 0.243 e. The van der Waals surface area contributed by atoms with Gasteiger partial charge >= 0.3 is 0 Å². The van der Waals surface area contributed by atoms with E-state index in [1.54, 1.807) is 12.1 Å². The number of hydrogen-bond donors (Lipinski definition) is 4. The summed E-state index contributed by atoms with van der Waals surface area (Å²) in [7, 11) is 0. The van der Waals surface area contributed by atoms with Gasteiger partial charge < -0.3 is 21.7 Å². The lowest BCUT2D eigenvalue weighted by molar-refractivity contribution is -0.128. The number of halogens is 2. The molecule has 0 bridgehead atoms. The summed E-state index contributed by atoms with van der Waals surface area (Å²) in [6, 6.07) is 15.6. The Labute approximate surface area is 196 Å². The number of carbonyl (C=O) groups is 2. The SMILES string of the molecule is Nc1ccc(CNC(=O)C(Cc2ccc(F)c(F)c2)NC(=O)CNCCc2ccccc2)cn1. The van der Waals surface area contributed by atoms with Gasteiger partial charge in [0.15, 0.2) is 11.6 Å². The fourth-order valence-electron chi connectivity index (χ4n) is 3.29. The zero-order valence-electron chi connectivity index (χ0n) is 18.6. The lowest BCUT2D eigenvalue weighted by atomic mass is 10.0. The third-order valence-electron chi connectivity index (χ3n) is 5.11. The van der Waals surface area contributed by atoms with Crippen LogP contribution in [0, 0.1) is 11.6 Å². The van der Waals surface area contributed by atoms with Crippen molar-refractivity contribution < 1.29 is 18.4 Å². The smallest absolute Gasteiger partial charge is 0.243 e. The maximum atomic E-state index is 13.7. The highest BCUT2D eigenvalue weighted by Crippen LogP contribution is 2.11. The zero-order valence-corrected chi connectivity index (χ0v) is 18.6. The van der Waals surface area contributed by atoms with E-state index in [1.165, 1.54) is 12.3 Å². The van der Waals surface area contributed by atoms with Crippen LogP contribution in [0.5, 0.6) is 0 Å². The van der Waals surface area contributed by atoms with Crippen LogP contribution in [0.4, 0.5) is 14.6 Å². The van der Waals surface area contributed by atoms with Gasteiger partial charge in [0.05, 0.1) is 6.54 Å². The first-order valence-electron chi connectivity index (χ1n) is 10.9. The van der Waals surface area contributed by atoms with Gasteiger partial charge in [-0.2, -0.15) is 0 Å². The molecule has 34 heavy (non-hydrogen) atoms. The third kappa shape index (κ3) is 7.93. The number of nitrogens with one attached hydrogen (secondary N) is 3. The Kier molecular flexibility index (Phi) is 9.04. The highest BCUT2D eigenvalue weighted by Gasteiger charge is 2.21. The molecule has 0 aliphatic heterocycles. The summed E-state index contributed by atoms with van der Waals surface area (Å²) in [5, 5.41) is 8.46. The average Bonchev–Trinajstić information content (AvgIpc) is 2.84. The van der Waals surface area contributed by atoms with Crippen LogP contribution in [0.3, 0.4) is 0 Å². The Morgan fingerprint density at radius 2 is 1.71 bits per heavy atom. The van der Waals surface area contributed by atoms with Crippen LogP contribution < -0.4 is 21.7 Å². The van der Waals surface area contributed by atoms with Gasteiger partial charge in [0.2, 0.25) is 11.8 Å². The topological polar surface area (TPSA) is 109 Å². The van der Waals surface area contributed by atoms with Gasteiger partial charge in [0.1, 0.15) is 11.9 Å². The van der Waals surface area contributed by atoms with Gasteiger partial charge in [-0.1, -0.05) is 42.5 Å². The number of nitrogen functional groups attached to an aromatic ring is 1. The summed E-state index contributed by atoms with van der Waals surface area (Å²) < 4.78 is 26.9. The maximum absolute atomic E-state index is 13.7. The number of aromatic nitrogens is 1. The second-order valence-corrected chi connectivity index (χ2v) is 7.79. The van der Waals surface area contributed by atoms with E-state index in [-0.39, 0.29) is 25.4 Å². The molecule has 1 aromatic heterocycles. The molecule has 0 spiro atoms. The number of nitrogens with zero attached hydrogens (tertiary/aromatic N) is 1. The van der Waals surface area contributed by atoms with Crippen LogP contribution in [0.25, 0.3) is 0 Å². The molecule has 0 fully saturated rings. The third-order valence-corrected chi connectivity index (χ3v) is 5.11. The van der Waals surface area contributed by atoms with E-state index in [4.69, 9.17) is 5.73 Å². The first-order valence-corrected chi connectivity index (χ1v) is 10.9. The Hall–Kier alpha value is -3.85. The standard InChI is InChI=1S/C25H27F2N5O2/c26-20-8-6-18(12-21(20)27)13-22(25(34)31-15-19-7-9-23(28)30-14-19)32-24(33)16-29-11-10-17-4-2-1-3-5-17/h1-9,12,14,22,29H,10-11,13,15-16H2,(H2,28,30)(H,31,34)(H,32,33). The second-order valence-electron chi connectivity index (χ2n) is 7.79. The van der Waals surface area contributed by atoms with E-state index < -0.39 is 23.6 Å². The van der Waals surface area contributed by atoms with Gasteiger partial charge in [-0.05, 0) is 47.9 Å². The van der Waals surface area contributed by atoms with Crippen LogP contribution >= 0.6 is 0 Å². The van der Waals surface area contributed by atoms with Crippen LogP contribution in [-0.2, 0) is 29.0 Å². The largest absolute Gasteiger partial charge is 0.384 e. The molecule has 2 amide bonds. The van der Waals surface area contributed by atoms with Crippen molar-refractivity contribution in [2.45, 2.75) is 25.4 Å². The quantitative estimate of drug-likeness (QED) is 0.323. The van der Waals surface area contributed by atoms with Crippen LogP contribution in [0.1, 0.15) is 16.7 Å². The van der Waals surface area contributed by atoms with Gasteiger partial charge in [-0.25, -0.2) is 13.8 Å².